The number of aryl methyl sites for hydroxylation is 1. The van der Waals surface area contributed by atoms with Crippen LogP contribution in [0, 0.1) is 0 Å². The Morgan fingerprint density at radius 1 is 1.09 bits per heavy atom. The van der Waals surface area contributed by atoms with Gasteiger partial charge in [-0.2, -0.15) is 10.2 Å². The first-order valence-electron chi connectivity index (χ1n) is 10.2. The van der Waals surface area contributed by atoms with Gasteiger partial charge in [-0.05, 0) is 42.3 Å². The van der Waals surface area contributed by atoms with Crippen LogP contribution >= 0.6 is 0 Å². The van der Waals surface area contributed by atoms with Crippen molar-refractivity contribution in [2.45, 2.75) is 26.6 Å². The van der Waals surface area contributed by atoms with Crippen LogP contribution in [0.5, 0.6) is 11.5 Å². The van der Waals surface area contributed by atoms with E-state index in [0.29, 0.717) is 17.1 Å². The summed E-state index contributed by atoms with van der Waals surface area (Å²) in [5, 5.41) is 8.92. The van der Waals surface area contributed by atoms with Crippen molar-refractivity contribution in [2.75, 3.05) is 7.11 Å². The molecule has 4 aromatic rings. The summed E-state index contributed by atoms with van der Waals surface area (Å²) >= 11 is 0. The van der Waals surface area contributed by atoms with Crippen molar-refractivity contribution in [3.05, 3.63) is 82.8 Å². The number of nitrogens with zero attached hydrogens (tertiary/aromatic N) is 4. The molecule has 0 saturated carbocycles. The lowest BCUT2D eigenvalue weighted by Crippen LogP contribution is -2.18. The van der Waals surface area contributed by atoms with E-state index in [0.717, 1.165) is 17.7 Å². The Hall–Kier alpha value is -3.94. The summed E-state index contributed by atoms with van der Waals surface area (Å²) in [7, 11) is 1.42. The molecular formula is C24H23FN4O3. The third kappa shape index (κ3) is 4.12. The van der Waals surface area contributed by atoms with Crippen LogP contribution in [0.1, 0.15) is 19.4 Å². The Labute approximate surface area is 184 Å². The predicted molar refractivity (Wildman–Crippen MR) is 120 cm³/mol. The first kappa shape index (κ1) is 21.3. The van der Waals surface area contributed by atoms with Crippen LogP contribution in [0.2, 0.25) is 0 Å². The Morgan fingerprint density at radius 2 is 1.88 bits per heavy atom. The molecule has 2 aromatic carbocycles. The number of methoxy groups -OCH3 is 1. The Balaban J connectivity index is 1.92. The lowest BCUT2D eigenvalue weighted by Gasteiger charge is -2.16. The quantitative estimate of drug-likeness (QED) is 0.432. The van der Waals surface area contributed by atoms with Crippen molar-refractivity contribution in [3.8, 4) is 34.3 Å². The summed E-state index contributed by atoms with van der Waals surface area (Å²) in [4.78, 5) is 13.1. The van der Waals surface area contributed by atoms with E-state index in [2.05, 4.69) is 10.2 Å². The van der Waals surface area contributed by atoms with Gasteiger partial charge in [-0.15, -0.1) is 0 Å². The lowest BCUT2D eigenvalue weighted by atomic mass is 10.1. The van der Waals surface area contributed by atoms with Gasteiger partial charge in [0.15, 0.2) is 11.4 Å². The number of alkyl halides is 1. The molecule has 0 aliphatic rings. The SMILES string of the molecule is CCc1ccc(-n2cc(OC)c(=O)c(-c3ccnn3-c3ccccc3)n2)c(OC(C)F)c1. The minimum atomic E-state index is -1.51. The molecule has 1 unspecified atom stereocenters. The van der Waals surface area contributed by atoms with Gasteiger partial charge in [0.1, 0.15) is 11.4 Å². The van der Waals surface area contributed by atoms with Gasteiger partial charge < -0.3 is 9.47 Å². The van der Waals surface area contributed by atoms with Crippen molar-refractivity contribution in [1.82, 2.24) is 19.6 Å². The van der Waals surface area contributed by atoms with Crippen molar-refractivity contribution < 1.29 is 13.9 Å². The molecule has 0 N–H and O–H groups in total. The number of hydrogen-bond acceptors (Lipinski definition) is 5. The second kappa shape index (κ2) is 9.05. The molecule has 0 spiro atoms. The summed E-state index contributed by atoms with van der Waals surface area (Å²) in [6.07, 6.45) is 2.31. The van der Waals surface area contributed by atoms with Gasteiger partial charge in [-0.3, -0.25) is 4.79 Å². The molecule has 2 aromatic heterocycles. The average Bonchev–Trinajstić information content (AvgIpc) is 3.29. The van der Waals surface area contributed by atoms with E-state index in [4.69, 9.17) is 9.47 Å². The summed E-state index contributed by atoms with van der Waals surface area (Å²) < 4.78 is 27.6. The van der Waals surface area contributed by atoms with E-state index in [1.807, 2.05) is 43.3 Å². The Morgan fingerprint density at radius 3 is 2.56 bits per heavy atom. The topological polar surface area (TPSA) is 71.2 Å². The molecule has 0 radical (unpaired) electrons. The van der Waals surface area contributed by atoms with Gasteiger partial charge in [-0.1, -0.05) is 31.2 Å². The summed E-state index contributed by atoms with van der Waals surface area (Å²) in [5.41, 5.74) is 2.51. The molecule has 0 saturated heterocycles. The highest BCUT2D eigenvalue weighted by Crippen LogP contribution is 2.28. The van der Waals surface area contributed by atoms with E-state index < -0.39 is 6.36 Å². The second-order valence-corrected chi connectivity index (χ2v) is 7.10. The van der Waals surface area contributed by atoms with Crippen LogP contribution in [0.25, 0.3) is 22.8 Å². The van der Waals surface area contributed by atoms with Crippen molar-refractivity contribution in [1.29, 1.82) is 0 Å². The minimum absolute atomic E-state index is 0.0922. The van der Waals surface area contributed by atoms with Gasteiger partial charge in [0.25, 0.3) is 5.43 Å². The maximum absolute atomic E-state index is 13.7. The number of hydrogen-bond donors (Lipinski definition) is 0. The molecular weight excluding hydrogens is 411 g/mol. The maximum atomic E-state index is 13.7. The fourth-order valence-electron chi connectivity index (χ4n) is 3.40. The number of aromatic nitrogens is 4. The Bertz CT molecular complexity index is 1280. The van der Waals surface area contributed by atoms with Crippen molar-refractivity contribution in [2.24, 2.45) is 0 Å². The minimum Gasteiger partial charge on any atom is -0.491 e. The smallest absolute Gasteiger partial charge is 0.251 e. The molecule has 0 aliphatic carbocycles. The van der Waals surface area contributed by atoms with Crippen molar-refractivity contribution >= 4 is 0 Å². The molecule has 0 amide bonds. The molecule has 164 valence electrons. The molecule has 0 aliphatic heterocycles. The monoisotopic (exact) mass is 434 g/mol. The average molecular weight is 434 g/mol. The van der Waals surface area contributed by atoms with Crippen LogP contribution < -0.4 is 14.9 Å². The fraction of sp³-hybridized carbons (Fsp3) is 0.208. The molecule has 8 heteroatoms. The molecule has 0 fully saturated rings. The zero-order valence-corrected chi connectivity index (χ0v) is 18.0. The summed E-state index contributed by atoms with van der Waals surface area (Å²) in [5.74, 6) is 0.412. The lowest BCUT2D eigenvalue weighted by molar-refractivity contribution is 0.0857. The second-order valence-electron chi connectivity index (χ2n) is 7.10. The highest BCUT2D eigenvalue weighted by molar-refractivity contribution is 5.60. The summed E-state index contributed by atoms with van der Waals surface area (Å²) in [6, 6.07) is 16.6. The van der Waals surface area contributed by atoms with Crippen molar-refractivity contribution in [3.63, 3.8) is 0 Å². The van der Waals surface area contributed by atoms with Gasteiger partial charge >= 0.3 is 0 Å². The highest BCUT2D eigenvalue weighted by Gasteiger charge is 2.19. The van der Waals surface area contributed by atoms with Crippen LogP contribution in [-0.2, 0) is 6.42 Å². The first-order valence-corrected chi connectivity index (χ1v) is 10.2. The van der Waals surface area contributed by atoms with Gasteiger partial charge in [-0.25, -0.2) is 13.8 Å². The van der Waals surface area contributed by atoms with Gasteiger partial charge in [0.05, 0.1) is 30.9 Å². The third-order valence-electron chi connectivity index (χ3n) is 4.96. The largest absolute Gasteiger partial charge is 0.491 e. The van der Waals surface area contributed by atoms with E-state index in [-0.39, 0.29) is 16.9 Å². The fourth-order valence-corrected chi connectivity index (χ4v) is 3.40. The van der Waals surface area contributed by atoms with Gasteiger partial charge in [0, 0.05) is 6.92 Å². The summed E-state index contributed by atoms with van der Waals surface area (Å²) in [6.45, 7) is 3.31. The first-order chi connectivity index (χ1) is 15.5. The molecule has 4 rings (SSSR count). The van der Waals surface area contributed by atoms with Crippen LogP contribution in [0.15, 0.2) is 71.8 Å². The normalized spacial score (nSPS) is 11.9. The zero-order valence-electron chi connectivity index (χ0n) is 18.0. The molecule has 32 heavy (non-hydrogen) atoms. The number of halogens is 1. The van der Waals surface area contributed by atoms with E-state index in [9.17, 15) is 9.18 Å². The van der Waals surface area contributed by atoms with Crippen LogP contribution in [0.4, 0.5) is 4.39 Å². The number of para-hydroxylation sites is 1. The number of benzene rings is 2. The standard InChI is InChI=1S/C24H23FN4O3/c1-4-17-10-11-19(21(14-17)32-16(2)25)28-15-22(31-3)24(30)23(27-28)20-12-13-26-29(20)18-8-6-5-7-9-18/h5-16H,4H2,1-3H3. The predicted octanol–water partition coefficient (Wildman–Crippen LogP) is 4.35. The van der Waals surface area contributed by atoms with Gasteiger partial charge in [0.2, 0.25) is 6.36 Å². The number of rotatable bonds is 7. The van der Waals surface area contributed by atoms with E-state index in [1.165, 1.54) is 24.9 Å². The highest BCUT2D eigenvalue weighted by atomic mass is 19.1. The zero-order chi connectivity index (χ0) is 22.7. The molecule has 0 bridgehead atoms. The van der Waals surface area contributed by atoms with E-state index >= 15 is 0 Å². The Kier molecular flexibility index (Phi) is 6.02. The van der Waals surface area contributed by atoms with Crippen LogP contribution in [0.3, 0.4) is 0 Å². The van der Waals surface area contributed by atoms with Crippen LogP contribution in [-0.4, -0.2) is 33.0 Å². The molecule has 1 atom stereocenters. The number of ether oxygens (including phenoxy) is 2. The molecule has 7 nitrogen and oxygen atoms in total. The molecule has 2 heterocycles. The maximum Gasteiger partial charge on any atom is 0.251 e. The van der Waals surface area contributed by atoms with E-state index in [1.54, 1.807) is 29.1 Å². The third-order valence-corrected chi connectivity index (χ3v) is 4.96.